The van der Waals surface area contributed by atoms with Crippen LogP contribution in [0.25, 0.3) is 0 Å². The van der Waals surface area contributed by atoms with Gasteiger partial charge in [0.1, 0.15) is 11.5 Å². The van der Waals surface area contributed by atoms with Crippen LogP contribution in [0, 0.1) is 12.7 Å². The van der Waals surface area contributed by atoms with Crippen molar-refractivity contribution in [2.45, 2.75) is 20.3 Å². The topological polar surface area (TPSA) is 34.9 Å². The summed E-state index contributed by atoms with van der Waals surface area (Å²) in [5.74, 6) is -0.453. The first kappa shape index (κ1) is 12.5. The molecule has 94 valence electrons. The first-order valence-electron chi connectivity index (χ1n) is 5.86. The fourth-order valence-electron chi connectivity index (χ4n) is 1.93. The van der Waals surface area contributed by atoms with E-state index in [2.05, 4.69) is 5.10 Å². The van der Waals surface area contributed by atoms with E-state index in [4.69, 9.17) is 0 Å². The number of hydrogen-bond acceptors (Lipinski definition) is 2. The molecule has 3 nitrogen and oxygen atoms in total. The van der Waals surface area contributed by atoms with Gasteiger partial charge >= 0.3 is 0 Å². The highest BCUT2D eigenvalue weighted by Crippen LogP contribution is 2.16. The highest BCUT2D eigenvalue weighted by Gasteiger charge is 2.16. The van der Waals surface area contributed by atoms with Crippen LogP contribution in [0.3, 0.4) is 0 Å². The molecule has 4 heteroatoms. The molecular weight excluding hydrogens is 231 g/mol. The van der Waals surface area contributed by atoms with Crippen molar-refractivity contribution in [3.05, 3.63) is 52.6 Å². The Hall–Kier alpha value is -1.97. The Labute approximate surface area is 105 Å². The summed E-state index contributed by atoms with van der Waals surface area (Å²) in [5.41, 5.74) is 2.56. The third-order valence-electron chi connectivity index (χ3n) is 2.96. The van der Waals surface area contributed by atoms with Crippen molar-refractivity contribution in [2.75, 3.05) is 0 Å². The molecule has 0 aliphatic carbocycles. The Morgan fingerprint density at radius 3 is 2.67 bits per heavy atom. The maximum absolute atomic E-state index is 13.0. The van der Waals surface area contributed by atoms with Gasteiger partial charge in [0, 0.05) is 12.6 Å². The van der Waals surface area contributed by atoms with Crippen molar-refractivity contribution in [1.82, 2.24) is 9.78 Å². The summed E-state index contributed by atoms with van der Waals surface area (Å²) in [6.45, 7) is 3.72. The summed E-state index contributed by atoms with van der Waals surface area (Å²) in [4.78, 5) is 12.3. The fourth-order valence-corrected chi connectivity index (χ4v) is 1.93. The van der Waals surface area contributed by atoms with Crippen molar-refractivity contribution < 1.29 is 9.18 Å². The van der Waals surface area contributed by atoms with E-state index in [1.54, 1.807) is 24.7 Å². The van der Waals surface area contributed by atoms with E-state index < -0.39 is 0 Å². The van der Waals surface area contributed by atoms with Gasteiger partial charge in [0.05, 0.1) is 5.69 Å². The normalized spacial score (nSPS) is 10.7. The van der Waals surface area contributed by atoms with Gasteiger partial charge in [0.2, 0.25) is 5.78 Å². The van der Waals surface area contributed by atoms with E-state index in [9.17, 15) is 9.18 Å². The lowest BCUT2D eigenvalue weighted by Crippen LogP contribution is -2.09. The summed E-state index contributed by atoms with van der Waals surface area (Å²) in [6, 6.07) is 5.97. The molecular formula is C14H15FN2O. The van der Waals surface area contributed by atoms with Crippen molar-refractivity contribution in [1.29, 1.82) is 0 Å². The maximum atomic E-state index is 13.0. The van der Waals surface area contributed by atoms with E-state index in [1.165, 1.54) is 18.2 Å². The molecule has 0 unspecified atom stereocenters. The number of hydrogen-bond donors (Lipinski definition) is 0. The van der Waals surface area contributed by atoms with Crippen LogP contribution in [0.4, 0.5) is 4.39 Å². The molecule has 2 aromatic rings. The zero-order valence-corrected chi connectivity index (χ0v) is 10.7. The minimum Gasteiger partial charge on any atom is -0.287 e. The number of benzene rings is 1. The van der Waals surface area contributed by atoms with E-state index >= 15 is 0 Å². The number of ketones is 1. The number of aromatic nitrogens is 2. The molecule has 1 aromatic heterocycles. The van der Waals surface area contributed by atoms with Gasteiger partial charge in [-0.1, -0.05) is 6.92 Å². The molecule has 0 bridgehead atoms. The van der Waals surface area contributed by atoms with Crippen LogP contribution in [0.15, 0.2) is 24.3 Å². The highest BCUT2D eigenvalue weighted by atomic mass is 19.1. The van der Waals surface area contributed by atoms with Gasteiger partial charge in [-0.15, -0.1) is 0 Å². The van der Waals surface area contributed by atoms with Gasteiger partial charge in [-0.3, -0.25) is 9.48 Å². The quantitative estimate of drug-likeness (QED) is 0.780. The smallest absolute Gasteiger partial charge is 0.211 e. The summed E-state index contributed by atoms with van der Waals surface area (Å²) < 4.78 is 14.6. The average Bonchev–Trinajstić information content (AvgIpc) is 2.70. The Morgan fingerprint density at radius 1 is 1.39 bits per heavy atom. The predicted molar refractivity (Wildman–Crippen MR) is 67.2 cm³/mol. The molecule has 0 saturated heterocycles. The lowest BCUT2D eigenvalue weighted by molar-refractivity contribution is 0.102. The number of halogens is 1. The number of carbonyl (C=O) groups excluding carboxylic acids is 1. The summed E-state index contributed by atoms with van der Waals surface area (Å²) in [7, 11) is 1.74. The van der Waals surface area contributed by atoms with Crippen molar-refractivity contribution in [3.63, 3.8) is 0 Å². The van der Waals surface area contributed by atoms with Crippen LogP contribution < -0.4 is 0 Å². The zero-order valence-electron chi connectivity index (χ0n) is 10.7. The minimum atomic E-state index is -0.330. The van der Waals surface area contributed by atoms with Crippen molar-refractivity contribution >= 4 is 5.78 Å². The van der Waals surface area contributed by atoms with Gasteiger partial charge in [0.25, 0.3) is 0 Å². The minimum absolute atomic E-state index is 0.123. The van der Waals surface area contributed by atoms with Crippen LogP contribution in [0.5, 0.6) is 0 Å². The summed E-state index contributed by atoms with van der Waals surface area (Å²) in [5, 5.41) is 4.24. The Balaban J connectivity index is 2.44. The van der Waals surface area contributed by atoms with Crippen LogP contribution in [-0.2, 0) is 13.5 Å². The predicted octanol–water partition coefficient (Wildman–Crippen LogP) is 2.66. The first-order chi connectivity index (χ1) is 8.52. The SMILES string of the molecule is CCc1cc(C(=O)c2ccc(F)cc2C)n(C)n1. The third-order valence-corrected chi connectivity index (χ3v) is 2.96. The molecule has 0 aliphatic heterocycles. The number of aryl methyl sites for hydroxylation is 3. The molecule has 0 N–H and O–H groups in total. The molecule has 0 aliphatic rings. The van der Waals surface area contributed by atoms with Gasteiger partial charge in [-0.25, -0.2) is 4.39 Å². The number of rotatable bonds is 3. The third kappa shape index (κ3) is 2.18. The lowest BCUT2D eigenvalue weighted by atomic mass is 10.0. The molecule has 0 spiro atoms. The van der Waals surface area contributed by atoms with Crippen molar-refractivity contribution in [2.24, 2.45) is 7.05 Å². The van der Waals surface area contributed by atoms with Gasteiger partial charge in [-0.05, 0) is 43.2 Å². The second-order valence-electron chi connectivity index (χ2n) is 4.29. The molecule has 0 radical (unpaired) electrons. The van der Waals surface area contributed by atoms with Crippen LogP contribution in [0.1, 0.15) is 34.2 Å². The van der Waals surface area contributed by atoms with E-state index in [0.29, 0.717) is 16.8 Å². The van der Waals surface area contributed by atoms with Crippen LogP contribution in [-0.4, -0.2) is 15.6 Å². The Bertz CT molecular complexity index is 602. The standard InChI is InChI=1S/C14H15FN2O/c1-4-11-8-13(17(3)16-11)14(18)12-6-5-10(15)7-9(12)2/h5-8H,4H2,1-3H3. The highest BCUT2D eigenvalue weighted by molar-refractivity contribution is 6.08. The van der Waals surface area contributed by atoms with Gasteiger partial charge in [0.15, 0.2) is 0 Å². The largest absolute Gasteiger partial charge is 0.287 e. The fraction of sp³-hybridized carbons (Fsp3) is 0.286. The lowest BCUT2D eigenvalue weighted by Gasteiger charge is -2.05. The number of carbonyl (C=O) groups is 1. The average molecular weight is 246 g/mol. The van der Waals surface area contributed by atoms with E-state index in [1.807, 2.05) is 6.92 Å². The molecule has 18 heavy (non-hydrogen) atoms. The molecule has 0 atom stereocenters. The molecule has 0 amide bonds. The molecule has 0 saturated carbocycles. The first-order valence-corrected chi connectivity index (χ1v) is 5.86. The van der Waals surface area contributed by atoms with Gasteiger partial charge < -0.3 is 0 Å². The van der Waals surface area contributed by atoms with Crippen LogP contribution >= 0.6 is 0 Å². The van der Waals surface area contributed by atoms with Gasteiger partial charge in [-0.2, -0.15) is 5.10 Å². The Kier molecular flexibility index (Phi) is 3.28. The number of nitrogens with zero attached hydrogens (tertiary/aromatic N) is 2. The summed E-state index contributed by atoms with van der Waals surface area (Å²) in [6.07, 6.45) is 0.781. The molecule has 2 rings (SSSR count). The Morgan fingerprint density at radius 2 is 2.11 bits per heavy atom. The molecule has 0 fully saturated rings. The second-order valence-corrected chi connectivity index (χ2v) is 4.29. The molecule has 1 heterocycles. The molecule has 1 aromatic carbocycles. The monoisotopic (exact) mass is 246 g/mol. The zero-order chi connectivity index (χ0) is 13.3. The van der Waals surface area contributed by atoms with E-state index in [0.717, 1.165) is 12.1 Å². The van der Waals surface area contributed by atoms with Crippen LogP contribution in [0.2, 0.25) is 0 Å². The second kappa shape index (κ2) is 4.72. The van der Waals surface area contributed by atoms with Crippen molar-refractivity contribution in [3.8, 4) is 0 Å². The van der Waals surface area contributed by atoms with E-state index in [-0.39, 0.29) is 11.6 Å². The maximum Gasteiger partial charge on any atom is 0.211 e. The summed E-state index contributed by atoms with van der Waals surface area (Å²) >= 11 is 0.